The first-order valence-corrected chi connectivity index (χ1v) is 3.71. The summed E-state index contributed by atoms with van der Waals surface area (Å²) in [5, 5.41) is 0. The zero-order chi connectivity index (χ0) is 8.36. The molecule has 2 nitrogen and oxygen atoms in total. The van der Waals surface area contributed by atoms with E-state index >= 15 is 0 Å². The van der Waals surface area contributed by atoms with Crippen LogP contribution in [0, 0.1) is 5.92 Å². The molecule has 1 atom stereocenters. The number of carbonyl (C=O) groups excluding carboxylic acids is 1. The molecule has 2 heteroatoms. The van der Waals surface area contributed by atoms with Crippen molar-refractivity contribution in [3.05, 3.63) is 0 Å². The molecule has 10 heavy (non-hydrogen) atoms. The first-order chi connectivity index (χ1) is 4.39. The number of ketones is 1. The van der Waals surface area contributed by atoms with Crippen molar-refractivity contribution in [3.63, 3.8) is 0 Å². The van der Waals surface area contributed by atoms with Crippen LogP contribution in [0.15, 0.2) is 0 Å². The Balaban J connectivity index is 4.08. The SMILES string of the molecule is CCC(=O)[C@@H](C)C(C)(C)N. The number of hydrogen-bond donors (Lipinski definition) is 1. The highest BCUT2D eigenvalue weighted by molar-refractivity contribution is 5.81. The lowest BCUT2D eigenvalue weighted by molar-refractivity contribution is -0.123. The molecule has 0 aromatic carbocycles. The number of carbonyl (C=O) groups is 1. The average molecular weight is 143 g/mol. The summed E-state index contributed by atoms with van der Waals surface area (Å²) in [6.07, 6.45) is 0.585. The Labute approximate surface area is 62.8 Å². The van der Waals surface area contributed by atoms with Crippen molar-refractivity contribution < 1.29 is 4.79 Å². The molecule has 0 heterocycles. The van der Waals surface area contributed by atoms with Gasteiger partial charge in [-0.05, 0) is 13.8 Å². The van der Waals surface area contributed by atoms with E-state index in [1.54, 1.807) is 0 Å². The monoisotopic (exact) mass is 143 g/mol. The van der Waals surface area contributed by atoms with E-state index in [9.17, 15) is 4.79 Å². The van der Waals surface area contributed by atoms with Crippen LogP contribution in [0.4, 0.5) is 0 Å². The van der Waals surface area contributed by atoms with Gasteiger partial charge in [-0.3, -0.25) is 4.79 Å². The molecular weight excluding hydrogens is 126 g/mol. The third kappa shape index (κ3) is 2.48. The quantitative estimate of drug-likeness (QED) is 0.647. The van der Waals surface area contributed by atoms with E-state index in [-0.39, 0.29) is 17.2 Å². The van der Waals surface area contributed by atoms with Gasteiger partial charge in [-0.15, -0.1) is 0 Å². The Morgan fingerprint density at radius 2 is 2.00 bits per heavy atom. The highest BCUT2D eigenvalue weighted by Gasteiger charge is 2.25. The summed E-state index contributed by atoms with van der Waals surface area (Å²) < 4.78 is 0. The van der Waals surface area contributed by atoms with E-state index < -0.39 is 0 Å². The second-order valence-electron chi connectivity index (χ2n) is 3.36. The molecule has 0 aliphatic carbocycles. The zero-order valence-electron chi connectivity index (χ0n) is 7.27. The second-order valence-corrected chi connectivity index (χ2v) is 3.36. The lowest BCUT2D eigenvalue weighted by atomic mass is 9.86. The fourth-order valence-corrected chi connectivity index (χ4v) is 0.721. The van der Waals surface area contributed by atoms with Crippen LogP contribution >= 0.6 is 0 Å². The van der Waals surface area contributed by atoms with Crippen molar-refractivity contribution in [1.29, 1.82) is 0 Å². The zero-order valence-corrected chi connectivity index (χ0v) is 7.27. The molecule has 0 bridgehead atoms. The summed E-state index contributed by atoms with van der Waals surface area (Å²) in [5.41, 5.74) is 5.37. The van der Waals surface area contributed by atoms with Crippen molar-refractivity contribution in [2.75, 3.05) is 0 Å². The normalized spacial score (nSPS) is 14.9. The maximum absolute atomic E-state index is 11.1. The number of nitrogens with two attached hydrogens (primary N) is 1. The van der Waals surface area contributed by atoms with Gasteiger partial charge >= 0.3 is 0 Å². The molecule has 0 aromatic rings. The van der Waals surface area contributed by atoms with Gasteiger partial charge in [0.15, 0.2) is 0 Å². The van der Waals surface area contributed by atoms with E-state index in [2.05, 4.69) is 0 Å². The van der Waals surface area contributed by atoms with E-state index in [1.807, 2.05) is 27.7 Å². The third-order valence-electron chi connectivity index (χ3n) is 1.95. The molecule has 0 saturated heterocycles. The van der Waals surface area contributed by atoms with Crippen molar-refractivity contribution in [1.82, 2.24) is 0 Å². The fourth-order valence-electron chi connectivity index (χ4n) is 0.721. The van der Waals surface area contributed by atoms with Crippen molar-refractivity contribution >= 4 is 5.78 Å². The lowest BCUT2D eigenvalue weighted by Gasteiger charge is -2.25. The standard InChI is InChI=1S/C8H17NO/c1-5-7(10)6(2)8(3,4)9/h6H,5,9H2,1-4H3/t6-/m1/s1. The van der Waals surface area contributed by atoms with Gasteiger partial charge in [0.2, 0.25) is 0 Å². The van der Waals surface area contributed by atoms with E-state index in [0.29, 0.717) is 6.42 Å². The number of hydrogen-bond acceptors (Lipinski definition) is 2. The molecule has 0 aliphatic rings. The maximum atomic E-state index is 11.1. The first-order valence-electron chi connectivity index (χ1n) is 3.71. The molecule has 0 aromatic heterocycles. The molecule has 0 spiro atoms. The van der Waals surface area contributed by atoms with Crippen LogP contribution in [0.1, 0.15) is 34.1 Å². The van der Waals surface area contributed by atoms with Crippen molar-refractivity contribution in [2.24, 2.45) is 11.7 Å². The lowest BCUT2D eigenvalue weighted by Crippen LogP contribution is -2.43. The maximum Gasteiger partial charge on any atom is 0.137 e. The minimum absolute atomic E-state index is 0.0301. The Morgan fingerprint density at radius 3 is 2.10 bits per heavy atom. The highest BCUT2D eigenvalue weighted by Crippen LogP contribution is 2.14. The van der Waals surface area contributed by atoms with E-state index in [4.69, 9.17) is 5.73 Å². The van der Waals surface area contributed by atoms with Crippen LogP contribution in [0.3, 0.4) is 0 Å². The topological polar surface area (TPSA) is 43.1 Å². The molecule has 2 N–H and O–H groups in total. The van der Waals surface area contributed by atoms with Gasteiger partial charge in [-0.25, -0.2) is 0 Å². The predicted octanol–water partition coefficient (Wildman–Crippen LogP) is 1.34. The van der Waals surface area contributed by atoms with Gasteiger partial charge in [-0.1, -0.05) is 13.8 Å². The minimum Gasteiger partial charge on any atom is -0.325 e. The molecule has 0 saturated carbocycles. The molecule has 60 valence electrons. The summed E-state index contributed by atoms with van der Waals surface area (Å²) in [5.74, 6) is 0.213. The fraction of sp³-hybridized carbons (Fsp3) is 0.875. The van der Waals surface area contributed by atoms with Gasteiger partial charge in [0, 0.05) is 17.9 Å². The summed E-state index contributed by atoms with van der Waals surface area (Å²) >= 11 is 0. The van der Waals surface area contributed by atoms with E-state index in [1.165, 1.54) is 0 Å². The van der Waals surface area contributed by atoms with Gasteiger partial charge in [0.05, 0.1) is 0 Å². The van der Waals surface area contributed by atoms with Crippen LogP contribution in [0.2, 0.25) is 0 Å². The minimum atomic E-state index is -0.368. The first kappa shape index (κ1) is 9.63. The van der Waals surface area contributed by atoms with Crippen LogP contribution in [-0.4, -0.2) is 11.3 Å². The smallest absolute Gasteiger partial charge is 0.137 e. The van der Waals surface area contributed by atoms with Crippen LogP contribution in [0.25, 0.3) is 0 Å². The summed E-state index contributed by atoms with van der Waals surface area (Å²) in [4.78, 5) is 11.1. The Bertz CT molecular complexity index is 124. The largest absolute Gasteiger partial charge is 0.325 e. The third-order valence-corrected chi connectivity index (χ3v) is 1.95. The molecule has 0 aliphatic heterocycles. The van der Waals surface area contributed by atoms with Gasteiger partial charge in [0.1, 0.15) is 5.78 Å². The predicted molar refractivity (Wildman–Crippen MR) is 42.7 cm³/mol. The average Bonchev–Trinajstić information content (AvgIpc) is 1.83. The molecule has 0 radical (unpaired) electrons. The summed E-state index contributed by atoms with van der Waals surface area (Å²) in [7, 11) is 0. The Kier molecular flexibility index (Phi) is 3.03. The number of Topliss-reactive ketones (excluding diaryl/α,β-unsaturated/α-hetero) is 1. The van der Waals surface area contributed by atoms with E-state index in [0.717, 1.165) is 0 Å². The van der Waals surface area contributed by atoms with Crippen molar-refractivity contribution in [3.8, 4) is 0 Å². The van der Waals surface area contributed by atoms with Crippen LogP contribution in [0.5, 0.6) is 0 Å². The molecule has 0 unspecified atom stereocenters. The Morgan fingerprint density at radius 1 is 1.60 bits per heavy atom. The highest BCUT2D eigenvalue weighted by atomic mass is 16.1. The second kappa shape index (κ2) is 3.15. The summed E-state index contributed by atoms with van der Waals surface area (Å²) in [6.45, 7) is 7.51. The molecule has 0 fully saturated rings. The van der Waals surface area contributed by atoms with Gasteiger partial charge < -0.3 is 5.73 Å². The van der Waals surface area contributed by atoms with Crippen molar-refractivity contribution in [2.45, 2.75) is 39.7 Å². The molecule has 0 rings (SSSR count). The molecule has 0 amide bonds. The Hall–Kier alpha value is -0.370. The van der Waals surface area contributed by atoms with Gasteiger partial charge in [0.25, 0.3) is 0 Å². The van der Waals surface area contributed by atoms with Crippen LogP contribution < -0.4 is 5.73 Å². The molecular formula is C8H17NO. The number of rotatable bonds is 3. The van der Waals surface area contributed by atoms with Gasteiger partial charge in [-0.2, -0.15) is 0 Å². The summed E-state index contributed by atoms with van der Waals surface area (Å²) in [6, 6.07) is 0. The van der Waals surface area contributed by atoms with Crippen LogP contribution in [-0.2, 0) is 4.79 Å².